The lowest BCUT2D eigenvalue weighted by Gasteiger charge is -2.19. The third kappa shape index (κ3) is 4.00. The third-order valence-corrected chi connectivity index (χ3v) is 2.80. The van der Waals surface area contributed by atoms with Gasteiger partial charge >= 0.3 is 0 Å². The number of hydrogen-bond acceptors (Lipinski definition) is 2. The van der Waals surface area contributed by atoms with Crippen molar-refractivity contribution in [3.8, 4) is 5.75 Å². The molecule has 0 spiro atoms. The van der Waals surface area contributed by atoms with E-state index in [0.29, 0.717) is 5.75 Å². The van der Waals surface area contributed by atoms with Crippen LogP contribution in [0.2, 0.25) is 0 Å². The number of methoxy groups -OCH3 is 1. The highest BCUT2D eigenvalue weighted by molar-refractivity contribution is 5.30. The van der Waals surface area contributed by atoms with E-state index in [1.807, 2.05) is 12.1 Å². The Morgan fingerprint density at radius 2 is 2.06 bits per heavy atom. The zero-order valence-electron chi connectivity index (χ0n) is 10.9. The van der Waals surface area contributed by atoms with Crippen LogP contribution in [0.5, 0.6) is 5.75 Å². The van der Waals surface area contributed by atoms with Gasteiger partial charge in [0.05, 0.1) is 7.11 Å². The van der Waals surface area contributed by atoms with E-state index < -0.39 is 0 Å². The van der Waals surface area contributed by atoms with Gasteiger partial charge in [0.25, 0.3) is 0 Å². The summed E-state index contributed by atoms with van der Waals surface area (Å²) in [5.74, 6) is 0.378. The number of rotatable bonds is 7. The van der Waals surface area contributed by atoms with E-state index in [0.717, 1.165) is 31.4 Å². The molecule has 1 aromatic carbocycles. The molecule has 1 unspecified atom stereocenters. The molecular formula is C14H22FNO. The first kappa shape index (κ1) is 14.0. The van der Waals surface area contributed by atoms with E-state index in [9.17, 15) is 4.39 Å². The van der Waals surface area contributed by atoms with Crippen molar-refractivity contribution >= 4 is 0 Å². The van der Waals surface area contributed by atoms with Crippen molar-refractivity contribution in [3.05, 3.63) is 29.6 Å². The van der Waals surface area contributed by atoms with Gasteiger partial charge in [-0.1, -0.05) is 26.3 Å². The lowest BCUT2D eigenvalue weighted by molar-refractivity contribution is 0.408. The van der Waals surface area contributed by atoms with Gasteiger partial charge in [-0.3, -0.25) is 0 Å². The summed E-state index contributed by atoms with van der Waals surface area (Å²) in [6, 6.07) is 5.18. The summed E-state index contributed by atoms with van der Waals surface area (Å²) in [7, 11) is 1.55. The highest BCUT2D eigenvalue weighted by Crippen LogP contribution is 2.24. The number of nitrogens with one attached hydrogen (secondary N) is 1. The zero-order valence-corrected chi connectivity index (χ0v) is 10.9. The standard InChI is InChI=1S/C14H22FNO/c1-4-6-14(16-9-5-2)12-8-7-11(17-3)10-13(12)15/h7-8,10,14,16H,4-6,9H2,1-3H3. The van der Waals surface area contributed by atoms with Crippen molar-refractivity contribution in [3.63, 3.8) is 0 Å². The summed E-state index contributed by atoms with van der Waals surface area (Å²) in [5.41, 5.74) is 0.737. The van der Waals surface area contributed by atoms with E-state index in [1.165, 1.54) is 6.07 Å². The summed E-state index contributed by atoms with van der Waals surface area (Å²) in [6.45, 7) is 5.14. The molecule has 17 heavy (non-hydrogen) atoms. The van der Waals surface area contributed by atoms with Crippen LogP contribution in [-0.4, -0.2) is 13.7 Å². The molecule has 0 radical (unpaired) electrons. The second-order valence-electron chi connectivity index (χ2n) is 4.18. The molecule has 0 bridgehead atoms. The number of hydrogen-bond donors (Lipinski definition) is 1. The molecule has 96 valence electrons. The average molecular weight is 239 g/mol. The van der Waals surface area contributed by atoms with Crippen molar-refractivity contribution < 1.29 is 9.13 Å². The van der Waals surface area contributed by atoms with Crippen molar-refractivity contribution in [2.24, 2.45) is 0 Å². The van der Waals surface area contributed by atoms with Crippen LogP contribution < -0.4 is 10.1 Å². The van der Waals surface area contributed by atoms with Crippen LogP contribution >= 0.6 is 0 Å². The van der Waals surface area contributed by atoms with E-state index in [4.69, 9.17) is 4.74 Å². The molecule has 0 fully saturated rings. The van der Waals surface area contributed by atoms with Crippen LogP contribution in [0.15, 0.2) is 18.2 Å². The van der Waals surface area contributed by atoms with Crippen LogP contribution in [0.3, 0.4) is 0 Å². The maximum atomic E-state index is 13.9. The third-order valence-electron chi connectivity index (χ3n) is 2.80. The molecule has 0 saturated carbocycles. The van der Waals surface area contributed by atoms with Gasteiger partial charge in [0.2, 0.25) is 0 Å². The molecule has 1 rings (SSSR count). The molecule has 0 aromatic heterocycles. The van der Waals surface area contributed by atoms with Crippen LogP contribution in [0.25, 0.3) is 0 Å². The van der Waals surface area contributed by atoms with E-state index in [2.05, 4.69) is 19.2 Å². The maximum absolute atomic E-state index is 13.9. The van der Waals surface area contributed by atoms with Crippen LogP contribution in [0, 0.1) is 5.82 Å². The molecule has 0 aliphatic carbocycles. The monoisotopic (exact) mass is 239 g/mol. The Labute approximate surface area is 103 Å². The molecule has 0 aliphatic heterocycles. The van der Waals surface area contributed by atoms with Crippen molar-refractivity contribution in [2.45, 2.75) is 39.2 Å². The molecule has 2 nitrogen and oxygen atoms in total. The fourth-order valence-electron chi connectivity index (χ4n) is 1.89. The summed E-state index contributed by atoms with van der Waals surface area (Å²) in [4.78, 5) is 0. The van der Waals surface area contributed by atoms with Crippen molar-refractivity contribution in [1.82, 2.24) is 5.32 Å². The summed E-state index contributed by atoms with van der Waals surface area (Å²) < 4.78 is 18.9. The Balaban J connectivity index is 2.85. The number of ether oxygens (including phenoxy) is 1. The van der Waals surface area contributed by atoms with Gasteiger partial charge in [0.1, 0.15) is 11.6 Å². The summed E-state index contributed by atoms with van der Waals surface area (Å²) >= 11 is 0. The highest BCUT2D eigenvalue weighted by Gasteiger charge is 2.14. The van der Waals surface area contributed by atoms with Gasteiger partial charge in [-0.15, -0.1) is 0 Å². The lowest BCUT2D eigenvalue weighted by Crippen LogP contribution is -2.22. The maximum Gasteiger partial charge on any atom is 0.131 e. The first-order valence-corrected chi connectivity index (χ1v) is 6.29. The SMILES string of the molecule is CCCNC(CCC)c1ccc(OC)cc1F. The van der Waals surface area contributed by atoms with Gasteiger partial charge in [-0.25, -0.2) is 4.39 Å². The number of benzene rings is 1. The largest absolute Gasteiger partial charge is 0.497 e. The normalized spacial score (nSPS) is 12.5. The minimum absolute atomic E-state index is 0.103. The Morgan fingerprint density at radius 3 is 2.59 bits per heavy atom. The molecule has 1 atom stereocenters. The van der Waals surface area contributed by atoms with Crippen LogP contribution in [0.1, 0.15) is 44.7 Å². The van der Waals surface area contributed by atoms with Gasteiger partial charge in [0, 0.05) is 17.7 Å². The Hall–Kier alpha value is -1.09. The summed E-state index contributed by atoms with van der Waals surface area (Å²) in [5, 5.41) is 3.38. The van der Waals surface area contributed by atoms with Gasteiger partial charge in [-0.05, 0) is 25.5 Å². The molecule has 1 aromatic rings. The first-order valence-electron chi connectivity index (χ1n) is 6.29. The molecule has 0 heterocycles. The van der Waals surface area contributed by atoms with Crippen molar-refractivity contribution in [2.75, 3.05) is 13.7 Å². The molecule has 1 N–H and O–H groups in total. The Morgan fingerprint density at radius 1 is 1.29 bits per heavy atom. The fourth-order valence-corrected chi connectivity index (χ4v) is 1.89. The predicted molar refractivity (Wildman–Crippen MR) is 68.9 cm³/mol. The minimum atomic E-state index is -0.189. The van der Waals surface area contributed by atoms with Gasteiger partial charge < -0.3 is 10.1 Å². The topological polar surface area (TPSA) is 21.3 Å². The van der Waals surface area contributed by atoms with E-state index in [-0.39, 0.29) is 11.9 Å². The Kier molecular flexibility index (Phi) is 5.98. The molecule has 0 aliphatic rings. The minimum Gasteiger partial charge on any atom is -0.497 e. The smallest absolute Gasteiger partial charge is 0.131 e. The highest BCUT2D eigenvalue weighted by atomic mass is 19.1. The van der Waals surface area contributed by atoms with Crippen molar-refractivity contribution in [1.29, 1.82) is 0 Å². The predicted octanol–water partition coefficient (Wildman–Crippen LogP) is 3.68. The average Bonchev–Trinajstić information content (AvgIpc) is 2.34. The fraction of sp³-hybridized carbons (Fsp3) is 0.571. The van der Waals surface area contributed by atoms with Crippen LogP contribution in [-0.2, 0) is 0 Å². The number of halogens is 1. The van der Waals surface area contributed by atoms with Crippen LogP contribution in [0.4, 0.5) is 4.39 Å². The zero-order chi connectivity index (χ0) is 12.7. The summed E-state index contributed by atoms with van der Waals surface area (Å²) in [6.07, 6.45) is 3.04. The molecule has 3 heteroatoms. The molecule has 0 saturated heterocycles. The van der Waals surface area contributed by atoms with Gasteiger partial charge in [0.15, 0.2) is 0 Å². The quantitative estimate of drug-likeness (QED) is 0.783. The second kappa shape index (κ2) is 7.28. The molecule has 0 amide bonds. The van der Waals surface area contributed by atoms with E-state index >= 15 is 0 Å². The van der Waals surface area contributed by atoms with Gasteiger partial charge in [-0.2, -0.15) is 0 Å². The second-order valence-corrected chi connectivity index (χ2v) is 4.18. The first-order chi connectivity index (χ1) is 8.22. The molecular weight excluding hydrogens is 217 g/mol. The Bertz CT molecular complexity index is 341. The van der Waals surface area contributed by atoms with E-state index in [1.54, 1.807) is 7.11 Å². The lowest BCUT2D eigenvalue weighted by atomic mass is 10.0.